The van der Waals surface area contributed by atoms with Gasteiger partial charge in [0.15, 0.2) is 0 Å². The second-order valence-electron chi connectivity index (χ2n) is 5.15. The molecule has 98 valence electrons. The maximum Gasteiger partial charge on any atom is 0.264 e. The lowest BCUT2D eigenvalue weighted by molar-refractivity contribution is 0.869. The van der Waals surface area contributed by atoms with Crippen molar-refractivity contribution in [2.24, 2.45) is 0 Å². The molecule has 3 nitrogen and oxygen atoms in total. The van der Waals surface area contributed by atoms with E-state index in [9.17, 15) is 4.79 Å². The molecule has 1 aromatic carbocycles. The van der Waals surface area contributed by atoms with Gasteiger partial charge < -0.3 is 4.98 Å². The number of hydrogen-bond acceptors (Lipinski definition) is 2. The topological polar surface area (TPSA) is 45.8 Å². The van der Waals surface area contributed by atoms with Crippen LogP contribution in [-0.4, -0.2) is 9.97 Å². The number of halogens is 1. The minimum Gasteiger partial charge on any atom is -0.309 e. The van der Waals surface area contributed by atoms with Crippen LogP contribution in [0.15, 0.2) is 29.1 Å². The molecule has 1 heterocycles. The highest BCUT2D eigenvalue weighted by Gasteiger charge is 2.28. The van der Waals surface area contributed by atoms with E-state index < -0.39 is 0 Å². The van der Waals surface area contributed by atoms with E-state index in [1.54, 1.807) is 0 Å². The monoisotopic (exact) mass is 366 g/mol. The molecule has 1 aliphatic carbocycles. The average Bonchev–Trinajstić information content (AvgIpc) is 3.21. The smallest absolute Gasteiger partial charge is 0.264 e. The van der Waals surface area contributed by atoms with Gasteiger partial charge in [-0.15, -0.1) is 0 Å². The zero-order valence-corrected chi connectivity index (χ0v) is 12.9. The fraction of sp³-hybridized carbons (Fsp3) is 0.333. The van der Waals surface area contributed by atoms with E-state index in [1.807, 2.05) is 0 Å². The summed E-state index contributed by atoms with van der Waals surface area (Å²) >= 11 is 2.11. The Hall–Kier alpha value is -1.17. The highest BCUT2D eigenvalue weighted by molar-refractivity contribution is 14.1. The van der Waals surface area contributed by atoms with E-state index in [2.05, 4.69) is 63.7 Å². The molecule has 0 atom stereocenters. The van der Waals surface area contributed by atoms with Crippen molar-refractivity contribution < 1.29 is 0 Å². The first kappa shape index (κ1) is 12.8. The lowest BCUT2D eigenvalue weighted by Gasteiger charge is -2.06. The summed E-state index contributed by atoms with van der Waals surface area (Å²) in [5.74, 6) is 1.28. The molecule has 1 aromatic heterocycles. The summed E-state index contributed by atoms with van der Waals surface area (Å²) in [6, 6.07) is 8.35. The summed E-state index contributed by atoms with van der Waals surface area (Å²) in [6.45, 7) is 2.07. The van der Waals surface area contributed by atoms with E-state index in [0.29, 0.717) is 12.3 Å². The Balaban J connectivity index is 1.92. The van der Waals surface area contributed by atoms with Crippen LogP contribution in [0.2, 0.25) is 0 Å². The second-order valence-corrected chi connectivity index (χ2v) is 6.23. The molecule has 4 heteroatoms. The Morgan fingerprint density at radius 3 is 2.63 bits per heavy atom. The van der Waals surface area contributed by atoms with Gasteiger partial charge in [0, 0.05) is 12.3 Å². The first-order valence-corrected chi connectivity index (χ1v) is 7.55. The van der Waals surface area contributed by atoms with Gasteiger partial charge in [-0.2, -0.15) is 0 Å². The molecule has 1 N–H and O–H groups in total. The lowest BCUT2D eigenvalue weighted by Crippen LogP contribution is -2.18. The first-order chi connectivity index (χ1) is 9.13. The van der Waals surface area contributed by atoms with Gasteiger partial charge in [0.05, 0.1) is 9.26 Å². The largest absolute Gasteiger partial charge is 0.309 e. The quantitative estimate of drug-likeness (QED) is 0.849. The minimum absolute atomic E-state index is 0.000360. The van der Waals surface area contributed by atoms with Crippen molar-refractivity contribution in [2.75, 3.05) is 0 Å². The Kier molecular flexibility index (Phi) is 3.43. The van der Waals surface area contributed by atoms with Crippen LogP contribution in [0.4, 0.5) is 0 Å². The maximum absolute atomic E-state index is 11.9. The van der Waals surface area contributed by atoms with Gasteiger partial charge in [0.1, 0.15) is 5.82 Å². The molecule has 0 unspecified atom stereocenters. The van der Waals surface area contributed by atoms with Gasteiger partial charge in [-0.05, 0) is 47.9 Å². The van der Waals surface area contributed by atoms with E-state index in [0.717, 1.165) is 27.9 Å². The molecule has 1 aliphatic rings. The van der Waals surface area contributed by atoms with Crippen molar-refractivity contribution in [3.63, 3.8) is 0 Å². The molecule has 0 spiro atoms. The van der Waals surface area contributed by atoms with Crippen LogP contribution in [-0.2, 0) is 6.42 Å². The van der Waals surface area contributed by atoms with E-state index >= 15 is 0 Å². The Labute approximate surface area is 125 Å². The van der Waals surface area contributed by atoms with Crippen LogP contribution >= 0.6 is 22.6 Å². The number of hydrogen-bond donors (Lipinski definition) is 1. The number of nitrogens with zero attached hydrogens (tertiary/aromatic N) is 1. The number of rotatable bonds is 3. The number of aryl methyl sites for hydroxylation is 1. The number of benzene rings is 1. The van der Waals surface area contributed by atoms with E-state index in [4.69, 9.17) is 0 Å². The fourth-order valence-electron chi connectivity index (χ4n) is 2.13. The van der Waals surface area contributed by atoms with Gasteiger partial charge in [0.25, 0.3) is 5.56 Å². The summed E-state index contributed by atoms with van der Waals surface area (Å²) < 4.78 is 0.757. The van der Waals surface area contributed by atoms with Crippen molar-refractivity contribution in [1.29, 1.82) is 0 Å². The van der Waals surface area contributed by atoms with Crippen LogP contribution in [0.1, 0.15) is 41.4 Å². The predicted molar refractivity (Wildman–Crippen MR) is 83.5 cm³/mol. The molecule has 0 amide bonds. The van der Waals surface area contributed by atoms with Gasteiger partial charge in [0.2, 0.25) is 0 Å². The van der Waals surface area contributed by atoms with Crippen LogP contribution in [0.5, 0.6) is 0 Å². The van der Waals surface area contributed by atoms with Gasteiger partial charge in [-0.1, -0.05) is 29.8 Å². The van der Waals surface area contributed by atoms with E-state index in [-0.39, 0.29) is 5.56 Å². The van der Waals surface area contributed by atoms with Crippen LogP contribution in [0, 0.1) is 10.5 Å². The molecule has 19 heavy (non-hydrogen) atoms. The number of aromatic amines is 1. The van der Waals surface area contributed by atoms with Crippen LogP contribution < -0.4 is 5.56 Å². The minimum atomic E-state index is -0.000360. The third-order valence-electron chi connectivity index (χ3n) is 3.39. The van der Waals surface area contributed by atoms with Crippen molar-refractivity contribution >= 4 is 22.6 Å². The van der Waals surface area contributed by atoms with Crippen molar-refractivity contribution in [3.05, 3.63) is 60.8 Å². The summed E-state index contributed by atoms with van der Waals surface area (Å²) in [5.41, 5.74) is 3.41. The Bertz CT molecular complexity index is 657. The standard InChI is InChI=1S/C15H15IN2O/c1-9-2-4-10(5-3-9)8-12-17-14(11-6-7-11)13(16)15(19)18-12/h2-5,11H,6-8H2,1H3,(H,17,18,19). The maximum atomic E-state index is 11.9. The molecule has 1 saturated carbocycles. The van der Waals surface area contributed by atoms with Crippen molar-refractivity contribution in [1.82, 2.24) is 9.97 Å². The molecule has 0 aliphatic heterocycles. The van der Waals surface area contributed by atoms with Crippen molar-refractivity contribution in [2.45, 2.75) is 32.1 Å². The molecule has 3 rings (SSSR count). The molecule has 1 fully saturated rings. The summed E-state index contributed by atoms with van der Waals surface area (Å²) in [7, 11) is 0. The third kappa shape index (κ3) is 2.88. The Morgan fingerprint density at radius 2 is 2.00 bits per heavy atom. The van der Waals surface area contributed by atoms with Crippen molar-refractivity contribution in [3.8, 4) is 0 Å². The fourth-order valence-corrected chi connectivity index (χ4v) is 2.83. The summed E-state index contributed by atoms with van der Waals surface area (Å²) in [6.07, 6.45) is 3.01. The van der Waals surface area contributed by atoms with Gasteiger partial charge >= 0.3 is 0 Å². The van der Waals surface area contributed by atoms with E-state index in [1.165, 1.54) is 11.1 Å². The molecule has 2 aromatic rings. The zero-order valence-electron chi connectivity index (χ0n) is 10.7. The third-order valence-corrected chi connectivity index (χ3v) is 4.44. The predicted octanol–water partition coefficient (Wildman–Crippen LogP) is 3.15. The van der Waals surface area contributed by atoms with Gasteiger partial charge in [-0.25, -0.2) is 4.98 Å². The molecular weight excluding hydrogens is 351 g/mol. The first-order valence-electron chi connectivity index (χ1n) is 6.47. The van der Waals surface area contributed by atoms with Crippen LogP contribution in [0.3, 0.4) is 0 Å². The molecule has 0 radical (unpaired) electrons. The SMILES string of the molecule is Cc1ccc(Cc2nc(C3CC3)c(I)c(=O)[nH]2)cc1. The number of H-pyrrole nitrogens is 1. The number of nitrogens with one attached hydrogen (secondary N) is 1. The second kappa shape index (κ2) is 5.07. The highest BCUT2D eigenvalue weighted by Crippen LogP contribution is 2.40. The zero-order chi connectivity index (χ0) is 13.4. The average molecular weight is 366 g/mol. The molecular formula is C15H15IN2O. The highest BCUT2D eigenvalue weighted by atomic mass is 127. The Morgan fingerprint density at radius 1 is 1.32 bits per heavy atom. The van der Waals surface area contributed by atoms with Crippen LogP contribution in [0.25, 0.3) is 0 Å². The number of aromatic nitrogens is 2. The molecule has 0 bridgehead atoms. The lowest BCUT2D eigenvalue weighted by atomic mass is 10.1. The van der Waals surface area contributed by atoms with Gasteiger partial charge in [-0.3, -0.25) is 4.79 Å². The summed E-state index contributed by atoms with van der Waals surface area (Å²) in [5, 5.41) is 0. The summed E-state index contributed by atoms with van der Waals surface area (Å²) in [4.78, 5) is 19.5. The molecule has 0 saturated heterocycles. The normalized spacial score (nSPS) is 14.6.